The van der Waals surface area contributed by atoms with Crippen LogP contribution >= 0.6 is 11.6 Å². The van der Waals surface area contributed by atoms with Crippen molar-refractivity contribution < 1.29 is 19.1 Å². The predicted molar refractivity (Wildman–Crippen MR) is 125 cm³/mol. The number of ether oxygens (including phenoxy) is 2. The van der Waals surface area contributed by atoms with Gasteiger partial charge in [0.05, 0.1) is 31.2 Å². The lowest BCUT2D eigenvalue weighted by molar-refractivity contribution is -0.120. The molecule has 162 valence electrons. The van der Waals surface area contributed by atoms with E-state index in [1.165, 1.54) is 4.90 Å². The Morgan fingerprint density at radius 1 is 0.875 bits per heavy atom. The minimum atomic E-state index is -0.461. The summed E-state index contributed by atoms with van der Waals surface area (Å²) in [6, 6.07) is 19.2. The summed E-state index contributed by atoms with van der Waals surface area (Å²) in [5.41, 5.74) is 2.79. The normalized spacial score (nSPS) is 13.6. The van der Waals surface area contributed by atoms with Crippen molar-refractivity contribution in [3.63, 3.8) is 0 Å². The van der Waals surface area contributed by atoms with Crippen molar-refractivity contribution in [2.24, 2.45) is 0 Å². The first kappa shape index (κ1) is 21.5. The Hall–Kier alpha value is -3.77. The van der Waals surface area contributed by atoms with Gasteiger partial charge in [0.15, 0.2) is 0 Å². The highest BCUT2D eigenvalue weighted by Gasteiger charge is 2.41. The number of benzene rings is 3. The van der Waals surface area contributed by atoms with Gasteiger partial charge in [-0.3, -0.25) is 9.59 Å². The SMILES string of the molecule is COc1ccc(C2=C(Nc3ccccc3OC)C(=O)N(c3ccc(Cl)cc3C)C2=O)cc1. The number of halogens is 1. The molecule has 0 saturated carbocycles. The third-order valence-corrected chi connectivity index (χ3v) is 5.46. The number of carbonyl (C=O) groups is 2. The van der Waals surface area contributed by atoms with Gasteiger partial charge in [-0.25, -0.2) is 4.90 Å². The molecule has 4 rings (SSSR count). The highest BCUT2D eigenvalue weighted by atomic mass is 35.5. The monoisotopic (exact) mass is 448 g/mol. The molecule has 0 spiro atoms. The molecule has 1 N–H and O–H groups in total. The van der Waals surface area contributed by atoms with E-state index < -0.39 is 11.8 Å². The second-order valence-electron chi connectivity index (χ2n) is 7.18. The van der Waals surface area contributed by atoms with E-state index in [4.69, 9.17) is 21.1 Å². The second-order valence-corrected chi connectivity index (χ2v) is 7.62. The molecule has 6 nitrogen and oxygen atoms in total. The molecule has 0 bridgehead atoms. The average molecular weight is 449 g/mol. The molecule has 1 heterocycles. The summed E-state index contributed by atoms with van der Waals surface area (Å²) in [4.78, 5) is 28.3. The Morgan fingerprint density at radius 2 is 1.59 bits per heavy atom. The number of hydrogen-bond acceptors (Lipinski definition) is 5. The lowest BCUT2D eigenvalue weighted by Crippen LogP contribution is -2.33. The zero-order chi connectivity index (χ0) is 22.8. The van der Waals surface area contributed by atoms with Crippen LogP contribution in [0, 0.1) is 6.92 Å². The molecule has 32 heavy (non-hydrogen) atoms. The van der Waals surface area contributed by atoms with Crippen molar-refractivity contribution in [2.75, 3.05) is 24.4 Å². The quantitative estimate of drug-likeness (QED) is 0.534. The van der Waals surface area contributed by atoms with Gasteiger partial charge < -0.3 is 14.8 Å². The van der Waals surface area contributed by atoms with E-state index >= 15 is 0 Å². The molecule has 3 aromatic rings. The number of anilines is 2. The van der Waals surface area contributed by atoms with Gasteiger partial charge in [-0.2, -0.15) is 0 Å². The van der Waals surface area contributed by atoms with Crippen LogP contribution in [0.5, 0.6) is 11.5 Å². The number of methoxy groups -OCH3 is 2. The zero-order valence-electron chi connectivity index (χ0n) is 17.8. The molecule has 2 amide bonds. The Kier molecular flexibility index (Phi) is 5.88. The average Bonchev–Trinajstić information content (AvgIpc) is 3.04. The molecule has 0 radical (unpaired) electrons. The summed E-state index contributed by atoms with van der Waals surface area (Å²) in [6.45, 7) is 1.81. The van der Waals surface area contributed by atoms with E-state index in [1.54, 1.807) is 75.7 Å². The number of nitrogens with zero attached hydrogens (tertiary/aromatic N) is 1. The number of amides is 2. The van der Waals surface area contributed by atoms with Gasteiger partial charge >= 0.3 is 0 Å². The Bertz CT molecular complexity index is 1230. The first-order valence-electron chi connectivity index (χ1n) is 9.88. The van der Waals surface area contributed by atoms with Crippen LogP contribution < -0.4 is 19.7 Å². The maximum atomic E-state index is 13.6. The zero-order valence-corrected chi connectivity index (χ0v) is 18.6. The van der Waals surface area contributed by atoms with Crippen LogP contribution in [0.25, 0.3) is 5.57 Å². The van der Waals surface area contributed by atoms with E-state index in [0.29, 0.717) is 39.0 Å². The number of imide groups is 1. The molecule has 0 saturated heterocycles. The molecule has 1 aliphatic heterocycles. The fourth-order valence-corrected chi connectivity index (χ4v) is 3.87. The highest BCUT2D eigenvalue weighted by Crippen LogP contribution is 2.37. The number of carbonyl (C=O) groups excluding carboxylic acids is 2. The van der Waals surface area contributed by atoms with Crippen molar-refractivity contribution in [3.05, 3.63) is 88.6 Å². The summed E-state index contributed by atoms with van der Waals surface area (Å²) < 4.78 is 10.6. The lowest BCUT2D eigenvalue weighted by atomic mass is 10.0. The third kappa shape index (κ3) is 3.81. The molecule has 0 atom stereocenters. The van der Waals surface area contributed by atoms with E-state index in [2.05, 4.69) is 5.32 Å². The summed E-state index contributed by atoms with van der Waals surface area (Å²) in [6.07, 6.45) is 0. The summed E-state index contributed by atoms with van der Waals surface area (Å²) >= 11 is 6.08. The van der Waals surface area contributed by atoms with Gasteiger partial charge in [0, 0.05) is 5.02 Å². The van der Waals surface area contributed by atoms with E-state index in [1.807, 2.05) is 12.1 Å². The van der Waals surface area contributed by atoms with Crippen molar-refractivity contribution in [1.29, 1.82) is 0 Å². The lowest BCUT2D eigenvalue weighted by Gasteiger charge is -2.18. The second kappa shape index (κ2) is 8.77. The molecule has 7 heteroatoms. The molecular weight excluding hydrogens is 428 g/mol. The number of aryl methyl sites for hydroxylation is 1. The number of hydrogen-bond donors (Lipinski definition) is 1. The fraction of sp³-hybridized carbons (Fsp3) is 0.120. The van der Waals surface area contributed by atoms with Crippen LogP contribution in [0.4, 0.5) is 11.4 Å². The van der Waals surface area contributed by atoms with Gasteiger partial charge in [-0.1, -0.05) is 35.9 Å². The summed E-state index contributed by atoms with van der Waals surface area (Å²) in [5.74, 6) is 0.311. The van der Waals surface area contributed by atoms with Crippen molar-refractivity contribution in [2.45, 2.75) is 6.92 Å². The number of rotatable bonds is 6. The molecule has 0 aliphatic carbocycles. The Labute approximate surface area is 191 Å². The maximum Gasteiger partial charge on any atom is 0.282 e. The molecular formula is C25H21ClN2O4. The first-order chi connectivity index (χ1) is 15.4. The minimum Gasteiger partial charge on any atom is -0.497 e. The van der Waals surface area contributed by atoms with E-state index in [9.17, 15) is 9.59 Å². The van der Waals surface area contributed by atoms with Crippen LogP contribution in [0.1, 0.15) is 11.1 Å². The Balaban J connectivity index is 1.85. The van der Waals surface area contributed by atoms with Crippen LogP contribution in [0.3, 0.4) is 0 Å². The third-order valence-electron chi connectivity index (χ3n) is 5.23. The van der Waals surface area contributed by atoms with Crippen LogP contribution in [-0.2, 0) is 9.59 Å². The highest BCUT2D eigenvalue weighted by molar-refractivity contribution is 6.46. The van der Waals surface area contributed by atoms with Crippen molar-refractivity contribution in [1.82, 2.24) is 0 Å². The first-order valence-corrected chi connectivity index (χ1v) is 10.3. The largest absolute Gasteiger partial charge is 0.497 e. The maximum absolute atomic E-state index is 13.6. The van der Waals surface area contributed by atoms with E-state index in [-0.39, 0.29) is 11.3 Å². The molecule has 1 aliphatic rings. The molecule has 0 fully saturated rings. The number of nitrogens with one attached hydrogen (secondary N) is 1. The molecule has 0 aromatic heterocycles. The van der Waals surface area contributed by atoms with Crippen molar-refractivity contribution in [3.8, 4) is 11.5 Å². The van der Waals surface area contributed by atoms with E-state index in [0.717, 1.165) is 0 Å². The standard InChI is InChI=1S/C25H21ClN2O4/c1-15-14-17(26)10-13-20(15)28-24(29)22(16-8-11-18(31-2)12-9-16)23(25(28)30)27-19-6-4-5-7-21(19)32-3/h4-14,27H,1-3H3. The topological polar surface area (TPSA) is 67.9 Å². The number of para-hydroxylation sites is 2. The van der Waals surface area contributed by atoms with Gasteiger partial charge in [0.1, 0.15) is 17.2 Å². The fourth-order valence-electron chi connectivity index (χ4n) is 3.64. The molecule has 0 unspecified atom stereocenters. The van der Waals surface area contributed by atoms with Crippen molar-refractivity contribution >= 4 is 40.4 Å². The smallest absolute Gasteiger partial charge is 0.282 e. The van der Waals surface area contributed by atoms with Gasteiger partial charge in [0.2, 0.25) is 0 Å². The summed E-state index contributed by atoms with van der Waals surface area (Å²) in [7, 11) is 3.11. The minimum absolute atomic E-state index is 0.166. The van der Waals surface area contributed by atoms with Crippen LogP contribution in [-0.4, -0.2) is 26.0 Å². The van der Waals surface area contributed by atoms with Gasteiger partial charge in [0.25, 0.3) is 11.8 Å². The Morgan fingerprint density at radius 3 is 2.25 bits per heavy atom. The molecule has 3 aromatic carbocycles. The van der Waals surface area contributed by atoms with Gasteiger partial charge in [-0.15, -0.1) is 0 Å². The summed E-state index contributed by atoms with van der Waals surface area (Å²) in [5, 5.41) is 3.66. The van der Waals surface area contributed by atoms with Crippen LogP contribution in [0.2, 0.25) is 5.02 Å². The van der Waals surface area contributed by atoms with Gasteiger partial charge in [-0.05, 0) is 60.5 Å². The van der Waals surface area contributed by atoms with Crippen LogP contribution in [0.15, 0.2) is 72.4 Å². The predicted octanol–water partition coefficient (Wildman–Crippen LogP) is 5.06.